The maximum Gasteiger partial charge on any atom is 0.320 e. The van der Waals surface area contributed by atoms with E-state index in [1.54, 1.807) is 28.5 Å². The van der Waals surface area contributed by atoms with Crippen LogP contribution in [0.15, 0.2) is 42.5 Å². The predicted molar refractivity (Wildman–Crippen MR) is 211 cm³/mol. The van der Waals surface area contributed by atoms with E-state index >= 15 is 0 Å². The fourth-order valence-corrected chi connectivity index (χ4v) is 7.19. The Balaban J connectivity index is 0.000000293. The number of aliphatic carboxylic acids is 4. The van der Waals surface area contributed by atoms with Gasteiger partial charge >= 0.3 is 23.9 Å². The van der Waals surface area contributed by atoms with Crippen LogP contribution in [0.2, 0.25) is 0 Å². The Morgan fingerprint density at radius 1 is 0.907 bits per heavy atom. The highest BCUT2D eigenvalue weighted by Gasteiger charge is 2.38. The second-order valence-electron chi connectivity index (χ2n) is 13.6. The number of hydrogen-bond acceptors (Lipinski definition) is 10. The van der Waals surface area contributed by atoms with Gasteiger partial charge in [-0.2, -0.15) is 11.8 Å². The molecule has 2 fully saturated rings. The van der Waals surface area contributed by atoms with Crippen LogP contribution in [0.1, 0.15) is 78.2 Å². The van der Waals surface area contributed by atoms with Crippen molar-refractivity contribution in [3.63, 3.8) is 0 Å². The van der Waals surface area contributed by atoms with Gasteiger partial charge in [-0.05, 0) is 112 Å². The Labute approximate surface area is 320 Å². The van der Waals surface area contributed by atoms with Crippen LogP contribution in [0, 0.1) is 25.7 Å². The first-order valence-electron chi connectivity index (χ1n) is 18.1. The van der Waals surface area contributed by atoms with E-state index in [9.17, 15) is 29.1 Å². The van der Waals surface area contributed by atoms with E-state index in [4.69, 9.17) is 26.8 Å². The first-order valence-corrected chi connectivity index (χ1v) is 19.5. The quantitative estimate of drug-likeness (QED) is 0.130. The standard InChI is InChI=1S/C21H21NO3.C11H20N2O2.C5H11NO2S.C2H5NO2/c1-4-15-7-10-19-18(11-15)17(12-20(23)24)14(3)22(19)21(25)16-8-5-13(2)6-9-16;12-9(11(14)15)5-7-6-13-10-4-2-1-3-8(7)10;1-9-3-2-4(6)5(7)8;3-1-2(4)5/h5-11H,4,12H2,1-3H3,(H,23,24);7-10,13H,1-6,12H2,(H,14,15);4H,2-3,6H2,1H3,(H,7,8);1,3H2,(H,4,5). The Hall–Kier alpha value is -4.28. The zero-order chi connectivity index (χ0) is 40.5. The number of rotatable bonds is 12. The molecule has 2 aromatic carbocycles. The molecule has 1 saturated carbocycles. The summed E-state index contributed by atoms with van der Waals surface area (Å²) in [4.78, 5) is 54.4. The molecule has 1 aliphatic carbocycles. The van der Waals surface area contributed by atoms with Crippen LogP contribution in [-0.2, 0) is 32.0 Å². The highest BCUT2D eigenvalue weighted by molar-refractivity contribution is 7.98. The topological polar surface area (TPSA) is 261 Å². The summed E-state index contributed by atoms with van der Waals surface area (Å²) in [6, 6.07) is 12.6. The lowest BCUT2D eigenvalue weighted by Crippen LogP contribution is -2.35. The van der Waals surface area contributed by atoms with Crippen molar-refractivity contribution in [1.82, 2.24) is 9.88 Å². The molecule has 2 heterocycles. The van der Waals surface area contributed by atoms with Crippen molar-refractivity contribution in [3.8, 4) is 0 Å². The summed E-state index contributed by atoms with van der Waals surface area (Å²) in [5.41, 5.74) is 20.3. The molecule has 3 aromatic rings. The number of nitrogens with zero attached hydrogens (tertiary/aromatic N) is 1. The molecule has 54 heavy (non-hydrogen) atoms. The minimum Gasteiger partial charge on any atom is -0.481 e. The Kier molecular flexibility index (Phi) is 19.4. The van der Waals surface area contributed by atoms with Gasteiger partial charge in [0, 0.05) is 22.7 Å². The average molecular weight is 772 g/mol. The molecule has 11 N–H and O–H groups in total. The van der Waals surface area contributed by atoms with Crippen molar-refractivity contribution in [2.45, 2.75) is 90.3 Å². The van der Waals surface area contributed by atoms with Crippen molar-refractivity contribution in [2.75, 3.05) is 25.1 Å². The van der Waals surface area contributed by atoms with Gasteiger partial charge in [0.25, 0.3) is 5.91 Å². The summed E-state index contributed by atoms with van der Waals surface area (Å²) in [6.45, 7) is 6.52. The molecule has 15 heteroatoms. The van der Waals surface area contributed by atoms with E-state index in [2.05, 4.69) is 18.0 Å². The molecule has 14 nitrogen and oxygen atoms in total. The molecule has 5 unspecified atom stereocenters. The number of carboxylic acids is 4. The summed E-state index contributed by atoms with van der Waals surface area (Å²) in [7, 11) is 0. The van der Waals surface area contributed by atoms with Crippen LogP contribution in [0.25, 0.3) is 10.9 Å². The van der Waals surface area contributed by atoms with Crippen LogP contribution in [0.4, 0.5) is 0 Å². The number of fused-ring (bicyclic) bond motifs is 2. The van der Waals surface area contributed by atoms with E-state index in [-0.39, 0.29) is 18.9 Å². The molecule has 1 aromatic heterocycles. The molecule has 0 spiro atoms. The number of benzene rings is 2. The highest BCUT2D eigenvalue weighted by atomic mass is 32.2. The molecule has 5 rings (SSSR count). The second-order valence-corrected chi connectivity index (χ2v) is 14.6. The average Bonchev–Trinajstić information content (AvgIpc) is 3.67. The van der Waals surface area contributed by atoms with E-state index in [1.807, 2.05) is 50.4 Å². The van der Waals surface area contributed by atoms with Gasteiger partial charge in [-0.15, -0.1) is 0 Å². The monoisotopic (exact) mass is 771 g/mol. The lowest BCUT2D eigenvalue weighted by molar-refractivity contribution is -0.139. The lowest BCUT2D eigenvalue weighted by Gasteiger charge is -2.29. The highest BCUT2D eigenvalue weighted by Crippen LogP contribution is 2.36. The molecule has 5 atom stereocenters. The summed E-state index contributed by atoms with van der Waals surface area (Å²) >= 11 is 1.60. The molecule has 0 amide bonds. The summed E-state index contributed by atoms with van der Waals surface area (Å²) in [6.07, 6.45) is 8.97. The third-order valence-electron chi connectivity index (χ3n) is 9.70. The van der Waals surface area contributed by atoms with Gasteiger partial charge in [-0.1, -0.05) is 43.5 Å². The van der Waals surface area contributed by atoms with Gasteiger partial charge in [0.2, 0.25) is 0 Å². The number of carbonyl (C=O) groups is 5. The van der Waals surface area contributed by atoms with Crippen LogP contribution in [-0.4, -0.2) is 98.0 Å². The molecule has 1 aliphatic heterocycles. The molecular formula is C39H57N5O9S. The van der Waals surface area contributed by atoms with Crippen molar-refractivity contribution in [2.24, 2.45) is 29.0 Å². The van der Waals surface area contributed by atoms with Gasteiger partial charge in [0.1, 0.15) is 12.1 Å². The van der Waals surface area contributed by atoms with E-state index in [1.165, 1.54) is 25.7 Å². The summed E-state index contributed by atoms with van der Waals surface area (Å²) in [5, 5.41) is 38.3. The number of aromatic nitrogens is 1. The predicted octanol–water partition coefficient (Wildman–Crippen LogP) is 3.88. The van der Waals surface area contributed by atoms with Gasteiger partial charge in [0.05, 0.1) is 18.5 Å². The van der Waals surface area contributed by atoms with Crippen LogP contribution in [0.3, 0.4) is 0 Å². The number of nitrogens with one attached hydrogen (secondary N) is 1. The maximum atomic E-state index is 13.1. The van der Waals surface area contributed by atoms with Crippen molar-refractivity contribution in [3.05, 3.63) is 70.4 Å². The normalized spacial score (nSPS) is 18.3. The zero-order valence-corrected chi connectivity index (χ0v) is 32.4. The van der Waals surface area contributed by atoms with Gasteiger partial charge in [0.15, 0.2) is 0 Å². The molecule has 2 aliphatic rings. The van der Waals surface area contributed by atoms with Crippen LogP contribution < -0.4 is 22.5 Å². The van der Waals surface area contributed by atoms with Gasteiger partial charge < -0.3 is 42.9 Å². The minimum atomic E-state index is -0.968. The number of carbonyl (C=O) groups excluding carboxylic acids is 1. The van der Waals surface area contributed by atoms with Crippen molar-refractivity contribution < 1.29 is 44.4 Å². The van der Waals surface area contributed by atoms with Crippen molar-refractivity contribution >= 4 is 52.4 Å². The first-order chi connectivity index (χ1) is 25.6. The van der Waals surface area contributed by atoms with Crippen LogP contribution in [0.5, 0.6) is 0 Å². The first kappa shape index (κ1) is 45.9. The minimum absolute atomic E-state index is 0.0936. The molecule has 298 valence electrons. The van der Waals surface area contributed by atoms with E-state index in [0.29, 0.717) is 47.5 Å². The Morgan fingerprint density at radius 2 is 1.52 bits per heavy atom. The molecule has 0 bridgehead atoms. The zero-order valence-electron chi connectivity index (χ0n) is 31.6. The number of aryl methyl sites for hydroxylation is 2. The smallest absolute Gasteiger partial charge is 0.320 e. The number of thioether (sulfide) groups is 1. The number of hydrogen-bond donors (Lipinski definition) is 8. The number of carboxylic acid groups (broad SMARTS) is 4. The maximum absolute atomic E-state index is 13.1. The SMILES string of the molecule is CCc1ccc2c(c1)c(CC(=O)O)c(C)n2C(=O)c1ccc(C)cc1.CSCCC(N)C(=O)O.NC(CC1CNC2CCCCC12)C(=O)O.NCC(=O)O. The van der Waals surface area contributed by atoms with E-state index in [0.717, 1.165) is 40.7 Å². The second kappa shape index (κ2) is 22.8. The van der Waals surface area contributed by atoms with Gasteiger partial charge in [-0.25, -0.2) is 0 Å². The molecule has 0 radical (unpaired) electrons. The summed E-state index contributed by atoms with van der Waals surface area (Å²) < 4.78 is 1.64. The third-order valence-corrected chi connectivity index (χ3v) is 10.3. The Morgan fingerprint density at radius 3 is 2.06 bits per heavy atom. The van der Waals surface area contributed by atoms with Gasteiger partial charge in [-0.3, -0.25) is 28.5 Å². The number of nitrogens with two attached hydrogens (primary N) is 3. The fourth-order valence-electron chi connectivity index (χ4n) is 6.70. The van der Waals surface area contributed by atoms with E-state index < -0.39 is 36.0 Å². The largest absolute Gasteiger partial charge is 0.481 e. The van der Waals surface area contributed by atoms with Crippen molar-refractivity contribution in [1.29, 1.82) is 0 Å². The molecule has 1 saturated heterocycles. The lowest BCUT2D eigenvalue weighted by atomic mass is 9.78. The third kappa shape index (κ3) is 13.9. The fraction of sp³-hybridized carbons (Fsp3) is 0.513. The molecular weight excluding hydrogens is 715 g/mol. The Bertz CT molecular complexity index is 1710. The van der Waals surface area contributed by atoms with Crippen LogP contribution >= 0.6 is 11.8 Å². The summed E-state index contributed by atoms with van der Waals surface area (Å²) in [5.74, 6) is -1.82.